The molecule has 0 saturated carbocycles. The summed E-state index contributed by atoms with van der Waals surface area (Å²) in [6.07, 6.45) is 0.754. The number of carbonyl (C=O) groups is 6. The van der Waals surface area contributed by atoms with Crippen LogP contribution in [0.3, 0.4) is 0 Å². The third-order valence-corrected chi connectivity index (χ3v) is 7.56. The van der Waals surface area contributed by atoms with Crippen LogP contribution in [0.5, 0.6) is 0 Å². The predicted octanol–water partition coefficient (Wildman–Crippen LogP) is 0.463. The summed E-state index contributed by atoms with van der Waals surface area (Å²) in [5.41, 5.74) is 11.5. The second-order valence-electron chi connectivity index (χ2n) is 12.9. The van der Waals surface area contributed by atoms with Gasteiger partial charge < -0.3 is 47.7 Å². The molecule has 0 saturated heterocycles. The van der Waals surface area contributed by atoms with E-state index in [2.05, 4.69) is 52.3 Å². The summed E-state index contributed by atoms with van der Waals surface area (Å²) < 4.78 is 5.43. The molecule has 48 heavy (non-hydrogen) atoms. The van der Waals surface area contributed by atoms with E-state index in [1.54, 1.807) is 45.2 Å². The first-order chi connectivity index (χ1) is 22.4. The minimum Gasteiger partial charge on any atom is -0.445 e. The van der Waals surface area contributed by atoms with Crippen LogP contribution in [-0.4, -0.2) is 110 Å². The van der Waals surface area contributed by atoms with Gasteiger partial charge in [-0.15, -0.1) is 0 Å². The van der Waals surface area contributed by atoms with Crippen LogP contribution in [0.4, 0.5) is 15.3 Å². The van der Waals surface area contributed by atoms with Gasteiger partial charge in [-0.1, -0.05) is 26.0 Å². The van der Waals surface area contributed by atoms with Gasteiger partial charge in [0, 0.05) is 37.9 Å². The van der Waals surface area contributed by atoms with Crippen LogP contribution in [0.15, 0.2) is 24.3 Å². The van der Waals surface area contributed by atoms with Crippen molar-refractivity contribution in [2.24, 2.45) is 17.4 Å². The standard InChI is InChI=1S/C32H55N9O7/c1-21(2)27(39-26(43)19-36-25(42)18-33)29(45)38-24(10-8-9-15-35-30(34)46)28(44)37-23-13-11-22(12-14-23)20-48-31(47)40(6)16-17-41(7)32(3,4)5/h11-14,21,24,27H,8-10,15-20,33H2,1-7H3,(H,36,42)(H,37,44)(H,38,45)(H,39,43)(H3,34,35,46)/t24-,27-/m0/s1. The Hall–Kier alpha value is -4.44. The molecule has 1 aromatic rings. The van der Waals surface area contributed by atoms with E-state index >= 15 is 0 Å². The first-order valence-corrected chi connectivity index (χ1v) is 16.0. The molecule has 2 atom stereocenters. The van der Waals surface area contributed by atoms with Crippen LogP contribution in [0.25, 0.3) is 0 Å². The smallest absolute Gasteiger partial charge is 0.409 e. The number of rotatable bonds is 19. The van der Waals surface area contributed by atoms with Gasteiger partial charge in [0.1, 0.15) is 18.7 Å². The van der Waals surface area contributed by atoms with Gasteiger partial charge in [-0.3, -0.25) is 24.1 Å². The lowest BCUT2D eigenvalue weighted by Gasteiger charge is -2.33. The molecule has 16 nitrogen and oxygen atoms in total. The van der Waals surface area contributed by atoms with Crippen molar-refractivity contribution in [3.05, 3.63) is 29.8 Å². The molecule has 0 radical (unpaired) electrons. The highest BCUT2D eigenvalue weighted by Gasteiger charge is 2.29. The van der Waals surface area contributed by atoms with Gasteiger partial charge in [0.2, 0.25) is 23.6 Å². The average molecular weight is 678 g/mol. The molecule has 0 spiro atoms. The molecule has 270 valence electrons. The molecule has 16 heteroatoms. The van der Waals surface area contributed by atoms with Gasteiger partial charge in [-0.2, -0.15) is 0 Å². The third kappa shape index (κ3) is 16.4. The zero-order chi connectivity index (χ0) is 36.4. The molecule has 0 heterocycles. The maximum Gasteiger partial charge on any atom is 0.409 e. The first-order valence-electron chi connectivity index (χ1n) is 16.0. The third-order valence-electron chi connectivity index (χ3n) is 7.56. The van der Waals surface area contributed by atoms with Gasteiger partial charge in [-0.05, 0) is 70.7 Å². The highest BCUT2D eigenvalue weighted by Crippen LogP contribution is 2.14. The molecule has 0 aliphatic heterocycles. The fraction of sp³-hybridized carbons (Fsp3) is 0.625. The molecule has 1 rings (SSSR count). The van der Waals surface area contributed by atoms with Crippen molar-refractivity contribution in [1.29, 1.82) is 0 Å². The van der Waals surface area contributed by atoms with Crippen LogP contribution in [-0.2, 0) is 30.5 Å². The molecular formula is C32H55N9O7. The monoisotopic (exact) mass is 677 g/mol. The Kier molecular flexibility index (Phi) is 18.0. The van der Waals surface area contributed by atoms with E-state index < -0.39 is 47.8 Å². The Morgan fingerprint density at radius 1 is 0.875 bits per heavy atom. The fourth-order valence-electron chi connectivity index (χ4n) is 4.12. The van der Waals surface area contributed by atoms with Gasteiger partial charge in [0.05, 0.1) is 13.1 Å². The Labute approximate surface area is 283 Å². The SMILES string of the molecule is CC(C)[C@H](NC(=O)CNC(=O)CN)C(=O)N[C@@H](CCCCNC(N)=O)C(=O)Nc1ccc(COC(=O)N(C)CCN(C)C(C)(C)C)cc1. The summed E-state index contributed by atoms with van der Waals surface area (Å²) >= 11 is 0. The summed E-state index contributed by atoms with van der Waals surface area (Å²) in [7, 11) is 3.68. The molecule has 0 fully saturated rings. The zero-order valence-corrected chi connectivity index (χ0v) is 29.3. The fourth-order valence-corrected chi connectivity index (χ4v) is 4.12. The topological polar surface area (TPSA) is 230 Å². The molecule has 0 aromatic heterocycles. The molecule has 0 bridgehead atoms. The Bertz CT molecular complexity index is 1220. The van der Waals surface area contributed by atoms with Crippen LogP contribution in [0.2, 0.25) is 0 Å². The number of nitrogens with two attached hydrogens (primary N) is 2. The lowest BCUT2D eigenvalue weighted by Crippen LogP contribution is -2.55. The predicted molar refractivity (Wildman–Crippen MR) is 182 cm³/mol. The number of urea groups is 1. The highest BCUT2D eigenvalue weighted by atomic mass is 16.6. The van der Waals surface area contributed by atoms with Crippen LogP contribution >= 0.6 is 0 Å². The summed E-state index contributed by atoms with van der Waals surface area (Å²) in [6.45, 7) is 10.7. The second-order valence-corrected chi connectivity index (χ2v) is 12.9. The number of carbonyl (C=O) groups excluding carboxylic acids is 6. The summed E-state index contributed by atoms with van der Waals surface area (Å²) in [4.78, 5) is 77.5. The van der Waals surface area contributed by atoms with Crippen LogP contribution < -0.4 is 38.1 Å². The number of nitrogens with one attached hydrogen (secondary N) is 5. The molecule has 0 aliphatic rings. The molecular weight excluding hydrogens is 622 g/mol. The largest absolute Gasteiger partial charge is 0.445 e. The van der Waals surface area contributed by atoms with Gasteiger partial charge in [-0.25, -0.2) is 9.59 Å². The highest BCUT2D eigenvalue weighted by molar-refractivity contribution is 5.98. The maximum atomic E-state index is 13.4. The number of primary amides is 1. The van der Waals surface area contributed by atoms with Crippen molar-refractivity contribution in [2.45, 2.75) is 78.1 Å². The van der Waals surface area contributed by atoms with Crippen molar-refractivity contribution >= 4 is 41.4 Å². The number of benzene rings is 1. The number of nitrogens with zero attached hydrogens (tertiary/aromatic N) is 2. The van der Waals surface area contributed by atoms with Crippen LogP contribution in [0, 0.1) is 5.92 Å². The van der Waals surface area contributed by atoms with Gasteiger partial charge in [0.15, 0.2) is 0 Å². The lowest BCUT2D eigenvalue weighted by molar-refractivity contribution is -0.132. The lowest BCUT2D eigenvalue weighted by atomic mass is 10.0. The van der Waals surface area contributed by atoms with Crippen molar-refractivity contribution in [1.82, 2.24) is 31.1 Å². The normalized spacial score (nSPS) is 12.5. The number of anilines is 1. The Balaban J connectivity index is 2.86. The van der Waals surface area contributed by atoms with Gasteiger partial charge in [0.25, 0.3) is 0 Å². The van der Waals surface area contributed by atoms with E-state index in [1.807, 2.05) is 7.05 Å². The van der Waals surface area contributed by atoms with E-state index in [-0.39, 0.29) is 37.6 Å². The Morgan fingerprint density at radius 2 is 1.52 bits per heavy atom. The summed E-state index contributed by atoms with van der Waals surface area (Å²) in [5.74, 6) is -2.51. The van der Waals surface area contributed by atoms with E-state index in [0.29, 0.717) is 43.7 Å². The number of amides is 7. The second kappa shape index (κ2) is 20.7. The van der Waals surface area contributed by atoms with Gasteiger partial charge >= 0.3 is 12.1 Å². The summed E-state index contributed by atoms with van der Waals surface area (Å²) in [6, 6.07) is 4.12. The first kappa shape index (κ1) is 41.6. The molecule has 0 unspecified atom stereocenters. The number of unbranched alkanes of at least 4 members (excludes halogenated alkanes) is 1. The van der Waals surface area contributed by atoms with E-state index in [1.165, 1.54) is 4.90 Å². The minimum atomic E-state index is -0.987. The average Bonchev–Trinajstić information content (AvgIpc) is 3.02. The zero-order valence-electron chi connectivity index (χ0n) is 29.3. The number of hydrogen-bond acceptors (Lipinski definition) is 9. The maximum absolute atomic E-state index is 13.4. The van der Waals surface area contributed by atoms with Crippen LogP contribution in [0.1, 0.15) is 59.4 Å². The molecule has 1 aromatic carbocycles. The Morgan fingerprint density at radius 3 is 2.08 bits per heavy atom. The molecule has 9 N–H and O–H groups in total. The summed E-state index contributed by atoms with van der Waals surface area (Å²) in [5, 5.41) is 12.9. The number of likely N-dealkylation sites (N-methyl/N-ethyl adjacent to an activating group) is 2. The number of hydrogen-bond donors (Lipinski definition) is 7. The van der Waals surface area contributed by atoms with E-state index in [0.717, 1.165) is 0 Å². The minimum absolute atomic E-state index is 0.0167. The van der Waals surface area contributed by atoms with Crippen molar-refractivity contribution in [3.63, 3.8) is 0 Å². The van der Waals surface area contributed by atoms with Crippen molar-refractivity contribution in [2.75, 3.05) is 52.1 Å². The molecule has 0 aliphatic carbocycles. The number of ether oxygens (including phenoxy) is 1. The molecule has 7 amide bonds. The van der Waals surface area contributed by atoms with E-state index in [4.69, 9.17) is 16.2 Å². The van der Waals surface area contributed by atoms with Crippen molar-refractivity contribution < 1.29 is 33.5 Å². The van der Waals surface area contributed by atoms with E-state index in [9.17, 15) is 28.8 Å². The quantitative estimate of drug-likeness (QED) is 0.101. The van der Waals surface area contributed by atoms with Crippen molar-refractivity contribution in [3.8, 4) is 0 Å².